The van der Waals surface area contributed by atoms with Crippen molar-refractivity contribution in [2.75, 3.05) is 13.7 Å². The van der Waals surface area contributed by atoms with Crippen molar-refractivity contribution in [2.24, 2.45) is 0 Å². The lowest BCUT2D eigenvalue weighted by molar-refractivity contribution is -0.142. The van der Waals surface area contributed by atoms with Crippen molar-refractivity contribution < 1.29 is 14.3 Å². The van der Waals surface area contributed by atoms with E-state index in [0.717, 1.165) is 22.4 Å². The molecule has 0 amide bonds. The quantitative estimate of drug-likeness (QED) is 0.600. The number of carbonyl (C=O) groups excluding carboxylic acids is 1. The first-order valence-electron chi connectivity index (χ1n) is 5.50. The second-order valence-electron chi connectivity index (χ2n) is 3.71. The summed E-state index contributed by atoms with van der Waals surface area (Å²) in [4.78, 5) is 11.5. The maximum absolute atomic E-state index is 11.5. The van der Waals surface area contributed by atoms with Gasteiger partial charge < -0.3 is 9.47 Å². The van der Waals surface area contributed by atoms with Crippen molar-refractivity contribution in [3.63, 3.8) is 0 Å². The van der Waals surface area contributed by atoms with Crippen LogP contribution in [0.3, 0.4) is 0 Å². The lowest BCUT2D eigenvalue weighted by atomic mass is 10.0. The van der Waals surface area contributed by atoms with E-state index in [2.05, 4.69) is 0 Å². The summed E-state index contributed by atoms with van der Waals surface area (Å²) in [6, 6.07) is 3.80. The largest absolute Gasteiger partial charge is 0.496 e. The predicted molar refractivity (Wildman–Crippen MR) is 67.6 cm³/mol. The summed E-state index contributed by atoms with van der Waals surface area (Å²) in [7, 11) is 1.61. The van der Waals surface area contributed by atoms with Gasteiger partial charge in [-0.05, 0) is 36.6 Å². The Labute approximate surface area is 107 Å². The van der Waals surface area contributed by atoms with Gasteiger partial charge in [-0.1, -0.05) is 6.07 Å². The minimum Gasteiger partial charge on any atom is -0.496 e. The zero-order chi connectivity index (χ0) is 12.8. The fourth-order valence-corrected chi connectivity index (χ4v) is 1.92. The van der Waals surface area contributed by atoms with Gasteiger partial charge >= 0.3 is 5.97 Å². The summed E-state index contributed by atoms with van der Waals surface area (Å²) in [5, 5.41) is 0. The van der Waals surface area contributed by atoms with Crippen LogP contribution in [0.15, 0.2) is 12.1 Å². The Morgan fingerprint density at radius 2 is 2.06 bits per heavy atom. The average Bonchev–Trinajstić information content (AvgIpc) is 2.31. The van der Waals surface area contributed by atoms with Gasteiger partial charge in [0.25, 0.3) is 0 Å². The molecule has 0 aliphatic heterocycles. The molecule has 0 fully saturated rings. The van der Waals surface area contributed by atoms with Crippen LogP contribution in [0, 0.1) is 6.92 Å². The van der Waals surface area contributed by atoms with Gasteiger partial charge in [-0.25, -0.2) is 0 Å². The van der Waals surface area contributed by atoms with Gasteiger partial charge in [-0.15, -0.1) is 11.6 Å². The van der Waals surface area contributed by atoms with E-state index in [9.17, 15) is 4.79 Å². The molecular formula is C13H17ClO3. The highest BCUT2D eigenvalue weighted by Crippen LogP contribution is 2.24. The molecule has 1 aromatic rings. The highest BCUT2D eigenvalue weighted by Gasteiger charge is 2.11. The van der Waals surface area contributed by atoms with Gasteiger partial charge in [0.15, 0.2) is 0 Å². The van der Waals surface area contributed by atoms with Crippen LogP contribution in [-0.4, -0.2) is 19.7 Å². The Hall–Kier alpha value is -1.22. The van der Waals surface area contributed by atoms with E-state index in [1.807, 2.05) is 19.1 Å². The van der Waals surface area contributed by atoms with Crippen LogP contribution in [0.5, 0.6) is 5.75 Å². The van der Waals surface area contributed by atoms with Crippen LogP contribution in [0.25, 0.3) is 0 Å². The van der Waals surface area contributed by atoms with Crippen molar-refractivity contribution in [3.05, 3.63) is 28.8 Å². The number of hydrogen-bond donors (Lipinski definition) is 0. The van der Waals surface area contributed by atoms with Crippen molar-refractivity contribution in [1.82, 2.24) is 0 Å². The number of methoxy groups -OCH3 is 1. The van der Waals surface area contributed by atoms with E-state index in [1.165, 1.54) is 0 Å². The molecule has 4 heteroatoms. The maximum atomic E-state index is 11.5. The number of alkyl halides is 1. The van der Waals surface area contributed by atoms with E-state index in [1.54, 1.807) is 14.0 Å². The molecule has 0 radical (unpaired) electrons. The normalized spacial score (nSPS) is 10.1. The maximum Gasteiger partial charge on any atom is 0.310 e. The molecule has 94 valence electrons. The first-order valence-corrected chi connectivity index (χ1v) is 6.03. The van der Waals surface area contributed by atoms with E-state index in [4.69, 9.17) is 21.1 Å². The summed E-state index contributed by atoms with van der Waals surface area (Å²) >= 11 is 5.87. The Morgan fingerprint density at radius 1 is 1.35 bits per heavy atom. The van der Waals surface area contributed by atoms with Gasteiger partial charge in [0, 0.05) is 5.88 Å². The van der Waals surface area contributed by atoms with Crippen LogP contribution >= 0.6 is 11.6 Å². The topological polar surface area (TPSA) is 35.5 Å². The molecule has 0 saturated carbocycles. The van der Waals surface area contributed by atoms with Crippen LogP contribution < -0.4 is 4.74 Å². The SMILES string of the molecule is CCOC(=O)Cc1cc(OC)c(C)cc1CCl. The molecule has 0 aliphatic rings. The average molecular weight is 257 g/mol. The molecule has 0 unspecified atom stereocenters. The van der Waals surface area contributed by atoms with Gasteiger partial charge in [0.1, 0.15) is 5.75 Å². The Balaban J connectivity index is 2.99. The molecule has 0 bridgehead atoms. The van der Waals surface area contributed by atoms with Gasteiger partial charge in [0.2, 0.25) is 0 Å². The highest BCUT2D eigenvalue weighted by molar-refractivity contribution is 6.17. The van der Waals surface area contributed by atoms with Gasteiger partial charge in [-0.2, -0.15) is 0 Å². The molecule has 17 heavy (non-hydrogen) atoms. The standard InChI is InChI=1S/C13H17ClO3/c1-4-17-13(15)7-10-6-12(16-3)9(2)5-11(10)8-14/h5-6H,4,7-8H2,1-3H3. The number of halogens is 1. The molecule has 0 aliphatic carbocycles. The number of carbonyl (C=O) groups is 1. The van der Waals surface area contributed by atoms with Crippen molar-refractivity contribution >= 4 is 17.6 Å². The number of hydrogen-bond acceptors (Lipinski definition) is 3. The number of esters is 1. The molecular weight excluding hydrogens is 240 g/mol. The highest BCUT2D eigenvalue weighted by atomic mass is 35.5. The third kappa shape index (κ3) is 3.63. The molecule has 0 saturated heterocycles. The fraction of sp³-hybridized carbons (Fsp3) is 0.462. The molecule has 1 aromatic carbocycles. The van der Waals surface area contributed by atoms with E-state index < -0.39 is 0 Å². The lowest BCUT2D eigenvalue weighted by Gasteiger charge is -2.12. The monoisotopic (exact) mass is 256 g/mol. The smallest absolute Gasteiger partial charge is 0.310 e. The number of ether oxygens (including phenoxy) is 2. The second kappa shape index (κ2) is 6.50. The Kier molecular flexibility index (Phi) is 5.29. The Bertz CT molecular complexity index is 402. The Morgan fingerprint density at radius 3 is 2.59 bits per heavy atom. The summed E-state index contributed by atoms with van der Waals surface area (Å²) in [6.07, 6.45) is 0.229. The van der Waals surface area contributed by atoms with Gasteiger partial charge in [0.05, 0.1) is 20.1 Å². The molecule has 3 nitrogen and oxygen atoms in total. The number of benzene rings is 1. The molecule has 0 heterocycles. The predicted octanol–water partition coefficient (Wildman–Crippen LogP) is 2.85. The van der Waals surface area contributed by atoms with Crippen LogP contribution in [0.2, 0.25) is 0 Å². The summed E-state index contributed by atoms with van der Waals surface area (Å²) in [6.45, 7) is 4.12. The van der Waals surface area contributed by atoms with Crippen LogP contribution in [0.1, 0.15) is 23.6 Å². The summed E-state index contributed by atoms with van der Waals surface area (Å²) in [5.41, 5.74) is 2.81. The zero-order valence-corrected chi connectivity index (χ0v) is 11.1. The zero-order valence-electron chi connectivity index (χ0n) is 10.4. The molecule has 0 N–H and O–H groups in total. The van der Waals surface area contributed by atoms with Crippen LogP contribution in [0.4, 0.5) is 0 Å². The number of rotatable bonds is 5. The van der Waals surface area contributed by atoms with E-state index >= 15 is 0 Å². The molecule has 0 atom stereocenters. The summed E-state index contributed by atoms with van der Waals surface area (Å²) in [5.74, 6) is 0.891. The van der Waals surface area contributed by atoms with Crippen LogP contribution in [-0.2, 0) is 21.8 Å². The fourth-order valence-electron chi connectivity index (χ4n) is 1.67. The molecule has 0 spiro atoms. The van der Waals surface area contributed by atoms with Gasteiger partial charge in [-0.3, -0.25) is 4.79 Å². The third-order valence-corrected chi connectivity index (χ3v) is 2.79. The van der Waals surface area contributed by atoms with E-state index in [-0.39, 0.29) is 12.4 Å². The first-order chi connectivity index (χ1) is 8.12. The van der Waals surface area contributed by atoms with Crippen molar-refractivity contribution in [3.8, 4) is 5.75 Å². The van der Waals surface area contributed by atoms with Crippen molar-refractivity contribution in [1.29, 1.82) is 0 Å². The van der Waals surface area contributed by atoms with E-state index in [0.29, 0.717) is 12.5 Å². The van der Waals surface area contributed by atoms with Crippen molar-refractivity contribution in [2.45, 2.75) is 26.1 Å². The second-order valence-corrected chi connectivity index (χ2v) is 3.97. The first kappa shape index (κ1) is 13.8. The molecule has 0 aromatic heterocycles. The summed E-state index contributed by atoms with van der Waals surface area (Å²) < 4.78 is 10.2. The third-order valence-electron chi connectivity index (χ3n) is 2.50. The minimum atomic E-state index is -0.246. The lowest BCUT2D eigenvalue weighted by Crippen LogP contribution is -2.09. The molecule has 1 rings (SSSR count). The minimum absolute atomic E-state index is 0.229. The number of aryl methyl sites for hydroxylation is 1.